The number of hydrogen-bond acceptors (Lipinski definition) is 2. The van der Waals surface area contributed by atoms with Crippen molar-refractivity contribution in [1.82, 2.24) is 0 Å². The second-order valence-corrected chi connectivity index (χ2v) is 5.23. The third-order valence-corrected chi connectivity index (χ3v) is 3.55. The normalized spacial score (nSPS) is 10.3. The van der Waals surface area contributed by atoms with Crippen molar-refractivity contribution in [2.75, 3.05) is 23.8 Å². The molecule has 110 valence electrons. The number of para-hydroxylation sites is 1. The van der Waals surface area contributed by atoms with Gasteiger partial charge in [-0.05, 0) is 50.1 Å². The van der Waals surface area contributed by atoms with Crippen molar-refractivity contribution in [2.24, 2.45) is 0 Å². The minimum Gasteiger partial charge on any atom is -0.385 e. The zero-order valence-corrected chi connectivity index (χ0v) is 13.1. The Balaban J connectivity index is 2.38. The van der Waals surface area contributed by atoms with E-state index in [1.807, 2.05) is 70.3 Å². The quantitative estimate of drug-likeness (QED) is 0.919. The van der Waals surface area contributed by atoms with Crippen LogP contribution in [-0.2, 0) is 0 Å². The molecule has 0 aromatic heterocycles. The van der Waals surface area contributed by atoms with E-state index < -0.39 is 0 Å². The maximum atomic E-state index is 12.8. The molecule has 0 unspecified atom stereocenters. The van der Waals surface area contributed by atoms with Crippen molar-refractivity contribution in [2.45, 2.75) is 20.8 Å². The summed E-state index contributed by atoms with van der Waals surface area (Å²) in [6.45, 7) is 6.86. The first kappa shape index (κ1) is 15.1. The van der Waals surface area contributed by atoms with Crippen LogP contribution in [0.5, 0.6) is 0 Å². The third-order valence-electron chi connectivity index (χ3n) is 3.55. The number of benzene rings is 2. The highest BCUT2D eigenvalue weighted by molar-refractivity contribution is 6.09. The first-order valence-electron chi connectivity index (χ1n) is 7.22. The van der Waals surface area contributed by atoms with Gasteiger partial charge in [0.1, 0.15) is 0 Å². The number of carbonyl (C=O) groups excluding carboxylic acids is 1. The number of nitrogens with one attached hydrogen (secondary N) is 1. The highest BCUT2D eigenvalue weighted by Crippen LogP contribution is 2.24. The van der Waals surface area contributed by atoms with Crippen molar-refractivity contribution < 1.29 is 4.79 Å². The summed E-state index contributed by atoms with van der Waals surface area (Å²) >= 11 is 0. The Hall–Kier alpha value is -2.29. The van der Waals surface area contributed by atoms with E-state index in [4.69, 9.17) is 0 Å². The minimum atomic E-state index is 0.000231. The average Bonchev–Trinajstić information content (AvgIpc) is 2.47. The highest BCUT2D eigenvalue weighted by atomic mass is 16.2. The highest BCUT2D eigenvalue weighted by Gasteiger charge is 2.18. The number of hydrogen-bond donors (Lipinski definition) is 1. The van der Waals surface area contributed by atoms with Gasteiger partial charge in [0.25, 0.3) is 5.91 Å². The second kappa shape index (κ2) is 6.44. The summed E-state index contributed by atoms with van der Waals surface area (Å²) in [4.78, 5) is 14.5. The molecule has 0 saturated carbocycles. The van der Waals surface area contributed by atoms with Gasteiger partial charge in [0.15, 0.2) is 0 Å². The van der Waals surface area contributed by atoms with E-state index in [-0.39, 0.29) is 5.91 Å². The lowest BCUT2D eigenvalue weighted by atomic mass is 10.1. The minimum absolute atomic E-state index is 0.000231. The lowest BCUT2D eigenvalue weighted by Gasteiger charge is -2.21. The van der Waals surface area contributed by atoms with Crippen molar-refractivity contribution in [3.8, 4) is 0 Å². The van der Waals surface area contributed by atoms with E-state index in [1.165, 1.54) is 0 Å². The number of amides is 1. The molecule has 0 fully saturated rings. The van der Waals surface area contributed by atoms with Crippen LogP contribution < -0.4 is 10.2 Å². The summed E-state index contributed by atoms with van der Waals surface area (Å²) in [5.41, 5.74) is 4.76. The predicted octanol–water partition coefficient (Wildman–Crippen LogP) is 4.01. The van der Waals surface area contributed by atoms with E-state index in [0.29, 0.717) is 5.56 Å². The molecular formula is C18H22N2O. The Kier molecular flexibility index (Phi) is 4.63. The summed E-state index contributed by atoms with van der Waals surface area (Å²) in [5.74, 6) is 0.000231. The molecular weight excluding hydrogens is 260 g/mol. The SMILES string of the molecule is CCNc1cc(C)ccc1C(=O)N(C)c1ccccc1C. The summed E-state index contributed by atoms with van der Waals surface area (Å²) < 4.78 is 0. The topological polar surface area (TPSA) is 32.3 Å². The number of rotatable bonds is 4. The largest absolute Gasteiger partial charge is 0.385 e. The van der Waals surface area contributed by atoms with Crippen LogP contribution in [0.15, 0.2) is 42.5 Å². The fourth-order valence-electron chi connectivity index (χ4n) is 2.41. The van der Waals surface area contributed by atoms with Gasteiger partial charge in [-0.25, -0.2) is 0 Å². The molecule has 1 N–H and O–H groups in total. The molecule has 0 saturated heterocycles. The standard InChI is InChI=1S/C18H22N2O/c1-5-19-16-12-13(2)10-11-15(16)18(21)20(4)17-9-7-6-8-14(17)3/h6-12,19H,5H2,1-4H3. The molecule has 3 heteroatoms. The maximum Gasteiger partial charge on any atom is 0.260 e. The van der Waals surface area contributed by atoms with Crippen molar-refractivity contribution in [3.05, 3.63) is 59.2 Å². The first-order valence-corrected chi connectivity index (χ1v) is 7.22. The second-order valence-electron chi connectivity index (χ2n) is 5.23. The van der Waals surface area contributed by atoms with Crippen LogP contribution in [0.2, 0.25) is 0 Å². The van der Waals surface area contributed by atoms with E-state index in [2.05, 4.69) is 5.32 Å². The molecule has 1 amide bonds. The van der Waals surface area contributed by atoms with Gasteiger partial charge in [-0.2, -0.15) is 0 Å². The fourth-order valence-corrected chi connectivity index (χ4v) is 2.41. The van der Waals surface area contributed by atoms with Gasteiger partial charge in [0.2, 0.25) is 0 Å². The van der Waals surface area contributed by atoms with E-state index in [1.54, 1.807) is 4.90 Å². The molecule has 0 radical (unpaired) electrons. The summed E-state index contributed by atoms with van der Waals surface area (Å²) in [5, 5.41) is 3.27. The number of anilines is 2. The number of carbonyl (C=O) groups is 1. The van der Waals surface area contributed by atoms with Gasteiger partial charge >= 0.3 is 0 Å². The molecule has 0 heterocycles. The van der Waals surface area contributed by atoms with Crippen molar-refractivity contribution >= 4 is 17.3 Å². The van der Waals surface area contributed by atoms with Gasteiger partial charge in [-0.15, -0.1) is 0 Å². The van der Waals surface area contributed by atoms with Gasteiger partial charge in [0.05, 0.1) is 5.56 Å². The van der Waals surface area contributed by atoms with Crippen LogP contribution >= 0.6 is 0 Å². The monoisotopic (exact) mass is 282 g/mol. The lowest BCUT2D eigenvalue weighted by molar-refractivity contribution is 0.0993. The molecule has 0 atom stereocenters. The molecule has 0 aliphatic carbocycles. The van der Waals surface area contributed by atoms with Gasteiger partial charge in [-0.1, -0.05) is 24.3 Å². The van der Waals surface area contributed by atoms with Crippen molar-refractivity contribution in [1.29, 1.82) is 0 Å². The predicted molar refractivity (Wildman–Crippen MR) is 89.3 cm³/mol. The molecule has 0 spiro atoms. The molecule has 0 bridgehead atoms. The van der Waals surface area contributed by atoms with Gasteiger partial charge in [0, 0.05) is 25.0 Å². The van der Waals surface area contributed by atoms with Gasteiger partial charge in [-0.3, -0.25) is 4.79 Å². The zero-order chi connectivity index (χ0) is 15.4. The number of aryl methyl sites for hydroxylation is 2. The fraction of sp³-hybridized carbons (Fsp3) is 0.278. The molecule has 2 rings (SSSR count). The van der Waals surface area contributed by atoms with E-state index in [0.717, 1.165) is 29.0 Å². The lowest BCUT2D eigenvalue weighted by Crippen LogP contribution is -2.27. The molecule has 0 aliphatic heterocycles. The van der Waals surface area contributed by atoms with E-state index >= 15 is 0 Å². The maximum absolute atomic E-state index is 12.8. The molecule has 2 aromatic carbocycles. The van der Waals surface area contributed by atoms with Crippen molar-refractivity contribution in [3.63, 3.8) is 0 Å². The summed E-state index contributed by atoms with van der Waals surface area (Å²) in [7, 11) is 1.82. The Bertz CT molecular complexity index is 649. The molecule has 0 aliphatic rings. The van der Waals surface area contributed by atoms with Crippen LogP contribution in [0, 0.1) is 13.8 Å². The Labute approximate surface area is 126 Å². The summed E-state index contributed by atoms with van der Waals surface area (Å²) in [6, 6.07) is 13.8. The Morgan fingerprint density at radius 1 is 1.14 bits per heavy atom. The van der Waals surface area contributed by atoms with Crippen LogP contribution in [0.3, 0.4) is 0 Å². The van der Waals surface area contributed by atoms with Crippen LogP contribution in [0.1, 0.15) is 28.4 Å². The van der Waals surface area contributed by atoms with Gasteiger partial charge < -0.3 is 10.2 Å². The average molecular weight is 282 g/mol. The third kappa shape index (κ3) is 3.24. The first-order chi connectivity index (χ1) is 10.0. The summed E-state index contributed by atoms with van der Waals surface area (Å²) in [6.07, 6.45) is 0. The van der Waals surface area contributed by atoms with Crippen LogP contribution in [-0.4, -0.2) is 19.5 Å². The van der Waals surface area contributed by atoms with Crippen LogP contribution in [0.4, 0.5) is 11.4 Å². The zero-order valence-electron chi connectivity index (χ0n) is 13.1. The molecule has 2 aromatic rings. The number of nitrogens with zero attached hydrogens (tertiary/aromatic N) is 1. The van der Waals surface area contributed by atoms with E-state index in [9.17, 15) is 4.79 Å². The molecule has 3 nitrogen and oxygen atoms in total. The Morgan fingerprint density at radius 3 is 2.52 bits per heavy atom. The van der Waals surface area contributed by atoms with Crippen LogP contribution in [0.25, 0.3) is 0 Å². The molecule has 21 heavy (non-hydrogen) atoms. The smallest absolute Gasteiger partial charge is 0.260 e. The Morgan fingerprint density at radius 2 is 1.86 bits per heavy atom.